The molecule has 0 aromatic heterocycles. The second kappa shape index (κ2) is 6.68. The Balaban J connectivity index is 2.15. The van der Waals surface area contributed by atoms with Crippen LogP contribution < -0.4 is 5.32 Å². The Morgan fingerprint density at radius 1 is 1.30 bits per heavy atom. The number of nitrogens with one attached hydrogen (secondary N) is 1. The Labute approximate surface area is 120 Å². The Hall–Kier alpha value is -0.940. The molecule has 3 nitrogen and oxygen atoms in total. The first-order valence-corrected chi connectivity index (χ1v) is 8.82. The summed E-state index contributed by atoms with van der Waals surface area (Å²) < 4.78 is 38.9. The lowest BCUT2D eigenvalue weighted by molar-refractivity contribution is 0.371. The molecule has 2 rings (SSSR count). The number of benzene rings is 1. The van der Waals surface area contributed by atoms with E-state index in [-0.39, 0.29) is 10.9 Å². The highest BCUT2D eigenvalue weighted by Gasteiger charge is 2.34. The number of sulfone groups is 1. The summed E-state index contributed by atoms with van der Waals surface area (Å²) >= 11 is 0. The minimum absolute atomic E-state index is 0.152. The van der Waals surface area contributed by atoms with Crippen LogP contribution in [-0.2, 0) is 9.84 Å². The minimum Gasteiger partial charge on any atom is -0.314 e. The van der Waals surface area contributed by atoms with E-state index in [1.54, 1.807) is 6.07 Å². The van der Waals surface area contributed by atoms with Gasteiger partial charge < -0.3 is 5.32 Å². The van der Waals surface area contributed by atoms with Gasteiger partial charge in [-0.15, -0.1) is 0 Å². The van der Waals surface area contributed by atoms with Gasteiger partial charge in [0.05, 0.1) is 5.25 Å². The molecule has 1 N–H and O–H groups in total. The summed E-state index contributed by atoms with van der Waals surface area (Å²) in [5.74, 6) is -0.642. The highest BCUT2D eigenvalue weighted by Crippen LogP contribution is 2.30. The molecule has 1 aromatic carbocycles. The predicted molar refractivity (Wildman–Crippen MR) is 77.9 cm³/mol. The lowest BCUT2D eigenvalue weighted by atomic mass is 9.95. The molecule has 1 fully saturated rings. The SMILES string of the molecule is CCCNC1CCCC(S(=O)(=O)c2ccccc2F)C1. The zero-order valence-corrected chi connectivity index (χ0v) is 12.6. The standard InChI is InChI=1S/C15H22FNO2S/c1-2-10-17-12-6-5-7-13(11-12)20(18,19)15-9-4-3-8-14(15)16/h3-4,8-9,12-13,17H,2,5-7,10-11H2,1H3. The van der Waals surface area contributed by atoms with E-state index in [0.717, 1.165) is 25.8 Å². The second-order valence-corrected chi connectivity index (χ2v) is 7.61. The third-order valence-electron chi connectivity index (χ3n) is 3.89. The maximum absolute atomic E-state index is 13.7. The summed E-state index contributed by atoms with van der Waals surface area (Å²) in [5.41, 5.74) is 0. The summed E-state index contributed by atoms with van der Waals surface area (Å²) in [6.07, 6.45) is 4.11. The van der Waals surface area contributed by atoms with Gasteiger partial charge in [0.15, 0.2) is 9.84 Å². The van der Waals surface area contributed by atoms with Crippen LogP contribution in [0.15, 0.2) is 29.2 Å². The number of rotatable bonds is 5. The fraction of sp³-hybridized carbons (Fsp3) is 0.600. The predicted octanol–water partition coefficient (Wildman–Crippen LogP) is 2.91. The molecule has 0 saturated heterocycles. The van der Waals surface area contributed by atoms with Gasteiger partial charge in [-0.3, -0.25) is 0 Å². The van der Waals surface area contributed by atoms with E-state index in [0.29, 0.717) is 12.8 Å². The molecule has 1 aliphatic carbocycles. The minimum atomic E-state index is -3.57. The fourth-order valence-electron chi connectivity index (χ4n) is 2.82. The Morgan fingerprint density at radius 3 is 2.75 bits per heavy atom. The normalized spacial score (nSPS) is 23.7. The molecule has 20 heavy (non-hydrogen) atoms. The monoisotopic (exact) mass is 299 g/mol. The van der Waals surface area contributed by atoms with Gasteiger partial charge in [0.2, 0.25) is 0 Å². The van der Waals surface area contributed by atoms with Crippen LogP contribution in [0.1, 0.15) is 39.0 Å². The van der Waals surface area contributed by atoms with E-state index in [1.807, 2.05) is 0 Å². The molecule has 0 radical (unpaired) electrons. The first-order chi connectivity index (χ1) is 9.55. The van der Waals surface area contributed by atoms with Crippen molar-refractivity contribution in [1.82, 2.24) is 5.32 Å². The van der Waals surface area contributed by atoms with Gasteiger partial charge >= 0.3 is 0 Å². The van der Waals surface area contributed by atoms with Gasteiger partial charge in [0, 0.05) is 6.04 Å². The van der Waals surface area contributed by atoms with Crippen LogP contribution in [0.5, 0.6) is 0 Å². The van der Waals surface area contributed by atoms with Crippen LogP contribution in [0, 0.1) is 5.82 Å². The molecule has 0 bridgehead atoms. The zero-order valence-electron chi connectivity index (χ0n) is 11.8. The second-order valence-electron chi connectivity index (χ2n) is 5.42. The van der Waals surface area contributed by atoms with Gasteiger partial charge in [-0.1, -0.05) is 25.5 Å². The summed E-state index contributed by atoms with van der Waals surface area (Å²) in [6, 6.07) is 5.90. The van der Waals surface area contributed by atoms with Crippen LogP contribution in [0.4, 0.5) is 4.39 Å². The highest BCUT2D eigenvalue weighted by atomic mass is 32.2. The summed E-state index contributed by atoms with van der Waals surface area (Å²) in [7, 11) is -3.57. The van der Waals surface area contributed by atoms with Gasteiger partial charge in [0.25, 0.3) is 0 Å². The molecule has 2 atom stereocenters. The van der Waals surface area contributed by atoms with E-state index in [1.165, 1.54) is 18.2 Å². The van der Waals surface area contributed by atoms with Gasteiger partial charge in [-0.05, 0) is 44.4 Å². The number of hydrogen-bond acceptors (Lipinski definition) is 3. The Kier molecular flexibility index (Phi) is 5.16. The van der Waals surface area contributed by atoms with Gasteiger partial charge in [-0.2, -0.15) is 0 Å². The summed E-state index contributed by atoms with van der Waals surface area (Å²) in [4.78, 5) is -0.152. The molecular weight excluding hydrogens is 277 g/mol. The molecule has 0 heterocycles. The quantitative estimate of drug-likeness (QED) is 0.909. The first-order valence-electron chi connectivity index (χ1n) is 7.27. The molecule has 1 aromatic rings. The third-order valence-corrected chi connectivity index (χ3v) is 6.14. The fourth-order valence-corrected chi connectivity index (χ4v) is 4.75. The van der Waals surface area contributed by atoms with Crippen molar-refractivity contribution in [1.29, 1.82) is 0 Å². The van der Waals surface area contributed by atoms with Crippen molar-refractivity contribution in [2.45, 2.75) is 55.2 Å². The third kappa shape index (κ3) is 3.38. The van der Waals surface area contributed by atoms with Crippen LogP contribution in [-0.4, -0.2) is 26.3 Å². The summed E-state index contributed by atoms with van der Waals surface area (Å²) in [6.45, 7) is 2.99. The van der Waals surface area contributed by atoms with Crippen molar-refractivity contribution in [3.63, 3.8) is 0 Å². The number of hydrogen-bond donors (Lipinski definition) is 1. The van der Waals surface area contributed by atoms with E-state index in [2.05, 4.69) is 12.2 Å². The lowest BCUT2D eigenvalue weighted by Gasteiger charge is -2.29. The maximum Gasteiger partial charge on any atom is 0.184 e. The topological polar surface area (TPSA) is 46.2 Å². The van der Waals surface area contributed by atoms with Crippen molar-refractivity contribution in [2.24, 2.45) is 0 Å². The molecule has 112 valence electrons. The average molecular weight is 299 g/mol. The molecule has 0 aliphatic heterocycles. The van der Waals surface area contributed by atoms with E-state index < -0.39 is 20.9 Å². The maximum atomic E-state index is 13.7. The zero-order chi connectivity index (χ0) is 14.6. The molecule has 0 amide bonds. The van der Waals surface area contributed by atoms with Crippen molar-refractivity contribution < 1.29 is 12.8 Å². The number of halogens is 1. The van der Waals surface area contributed by atoms with Crippen molar-refractivity contribution >= 4 is 9.84 Å². The Morgan fingerprint density at radius 2 is 2.05 bits per heavy atom. The van der Waals surface area contributed by atoms with Crippen molar-refractivity contribution in [2.75, 3.05) is 6.54 Å². The molecule has 1 saturated carbocycles. The molecule has 5 heteroatoms. The van der Waals surface area contributed by atoms with Crippen molar-refractivity contribution in [3.05, 3.63) is 30.1 Å². The summed E-state index contributed by atoms with van der Waals surface area (Å²) in [5, 5.41) is 2.91. The molecular formula is C15H22FNO2S. The largest absolute Gasteiger partial charge is 0.314 e. The molecule has 2 unspecified atom stereocenters. The molecule has 1 aliphatic rings. The van der Waals surface area contributed by atoms with Crippen LogP contribution >= 0.6 is 0 Å². The van der Waals surface area contributed by atoms with Crippen LogP contribution in [0.3, 0.4) is 0 Å². The van der Waals surface area contributed by atoms with E-state index in [4.69, 9.17) is 0 Å². The Bertz CT molecular complexity index is 545. The lowest BCUT2D eigenvalue weighted by Crippen LogP contribution is -2.39. The van der Waals surface area contributed by atoms with Crippen LogP contribution in [0.25, 0.3) is 0 Å². The molecule has 0 spiro atoms. The first kappa shape index (κ1) is 15.4. The van der Waals surface area contributed by atoms with Gasteiger partial charge in [-0.25, -0.2) is 12.8 Å². The highest BCUT2D eigenvalue weighted by molar-refractivity contribution is 7.92. The average Bonchev–Trinajstić information content (AvgIpc) is 2.45. The van der Waals surface area contributed by atoms with E-state index >= 15 is 0 Å². The smallest absolute Gasteiger partial charge is 0.184 e. The van der Waals surface area contributed by atoms with Gasteiger partial charge in [0.1, 0.15) is 10.7 Å². The van der Waals surface area contributed by atoms with Crippen molar-refractivity contribution in [3.8, 4) is 0 Å². The van der Waals surface area contributed by atoms with E-state index in [9.17, 15) is 12.8 Å². The van der Waals surface area contributed by atoms with Crippen LogP contribution in [0.2, 0.25) is 0 Å².